The van der Waals surface area contributed by atoms with Gasteiger partial charge in [-0.05, 0) is 24.5 Å². The molecule has 0 saturated carbocycles. The lowest BCUT2D eigenvalue weighted by Crippen LogP contribution is -2.41. The van der Waals surface area contributed by atoms with Crippen LogP contribution in [0.3, 0.4) is 0 Å². The van der Waals surface area contributed by atoms with Crippen LogP contribution in [-0.4, -0.2) is 26.2 Å². The number of anilines is 1. The molecule has 0 saturated heterocycles. The molecular weight excluding hydrogens is 252 g/mol. The number of benzene rings is 1. The smallest absolute Gasteiger partial charge is 0.243 e. The standard InChI is InChI=1S/C12H20N2O3S/c1-8(2)11(7-15)14-18(16,17)12-9(3)5-4-6-10(12)13/h4-6,8,11,14-15H,7,13H2,1-3H3/t11-/m1/s1. The Morgan fingerprint density at radius 3 is 2.44 bits per heavy atom. The van der Waals surface area contributed by atoms with Crippen LogP contribution < -0.4 is 10.5 Å². The molecule has 0 aliphatic rings. The fourth-order valence-electron chi connectivity index (χ4n) is 1.68. The van der Waals surface area contributed by atoms with E-state index in [1.165, 1.54) is 0 Å². The summed E-state index contributed by atoms with van der Waals surface area (Å²) >= 11 is 0. The van der Waals surface area contributed by atoms with Crippen molar-refractivity contribution in [2.24, 2.45) is 5.92 Å². The first-order chi connectivity index (χ1) is 8.29. The first-order valence-electron chi connectivity index (χ1n) is 5.78. The van der Waals surface area contributed by atoms with Crippen molar-refractivity contribution in [2.45, 2.75) is 31.7 Å². The van der Waals surface area contributed by atoms with Crippen molar-refractivity contribution in [3.8, 4) is 0 Å². The van der Waals surface area contributed by atoms with Gasteiger partial charge in [0, 0.05) is 6.04 Å². The first kappa shape index (κ1) is 14.9. The van der Waals surface area contributed by atoms with Gasteiger partial charge in [-0.2, -0.15) is 0 Å². The summed E-state index contributed by atoms with van der Waals surface area (Å²) in [6.07, 6.45) is 0. The molecule has 0 unspecified atom stereocenters. The second-order valence-corrected chi connectivity index (χ2v) is 6.30. The molecule has 0 spiro atoms. The molecule has 5 nitrogen and oxygen atoms in total. The summed E-state index contributed by atoms with van der Waals surface area (Å²) in [6.45, 7) is 5.12. The maximum absolute atomic E-state index is 12.2. The number of hydrogen-bond donors (Lipinski definition) is 3. The molecule has 6 heteroatoms. The molecule has 0 fully saturated rings. The maximum atomic E-state index is 12.2. The van der Waals surface area contributed by atoms with Crippen LogP contribution in [0.15, 0.2) is 23.1 Å². The highest BCUT2D eigenvalue weighted by Crippen LogP contribution is 2.22. The minimum absolute atomic E-state index is 0.00461. The molecule has 0 amide bonds. The maximum Gasteiger partial charge on any atom is 0.243 e. The van der Waals surface area contributed by atoms with Gasteiger partial charge in [0.05, 0.1) is 12.3 Å². The number of hydrogen-bond acceptors (Lipinski definition) is 4. The van der Waals surface area contributed by atoms with Gasteiger partial charge in [0.2, 0.25) is 10.0 Å². The summed E-state index contributed by atoms with van der Waals surface area (Å²) in [5.41, 5.74) is 6.52. The molecule has 0 radical (unpaired) electrons. The zero-order valence-electron chi connectivity index (χ0n) is 10.8. The minimum Gasteiger partial charge on any atom is -0.398 e. The number of rotatable bonds is 5. The van der Waals surface area contributed by atoms with E-state index in [9.17, 15) is 13.5 Å². The molecule has 1 aromatic carbocycles. The van der Waals surface area contributed by atoms with E-state index in [4.69, 9.17) is 5.73 Å². The van der Waals surface area contributed by atoms with Gasteiger partial charge in [-0.15, -0.1) is 0 Å². The molecule has 102 valence electrons. The number of aliphatic hydroxyl groups excluding tert-OH is 1. The predicted octanol–water partition coefficient (Wildman–Crippen LogP) is 0.872. The summed E-state index contributed by atoms with van der Waals surface area (Å²) in [7, 11) is -3.71. The third-order valence-corrected chi connectivity index (χ3v) is 4.53. The molecule has 0 aliphatic carbocycles. The van der Waals surface area contributed by atoms with E-state index in [1.807, 2.05) is 13.8 Å². The summed E-state index contributed by atoms with van der Waals surface area (Å²) in [5, 5.41) is 9.19. The number of aryl methyl sites for hydroxylation is 1. The number of nitrogens with one attached hydrogen (secondary N) is 1. The fraction of sp³-hybridized carbons (Fsp3) is 0.500. The van der Waals surface area contributed by atoms with E-state index in [2.05, 4.69) is 4.72 Å². The Bertz CT molecular complexity index is 492. The summed E-state index contributed by atoms with van der Waals surface area (Å²) in [4.78, 5) is 0.0871. The zero-order valence-corrected chi connectivity index (χ0v) is 11.7. The SMILES string of the molecule is Cc1cccc(N)c1S(=O)(=O)N[C@H](CO)C(C)C. The molecule has 1 aromatic rings. The van der Waals surface area contributed by atoms with E-state index >= 15 is 0 Å². The Morgan fingerprint density at radius 2 is 2.00 bits per heavy atom. The van der Waals surface area contributed by atoms with Crippen LogP contribution in [-0.2, 0) is 10.0 Å². The lowest BCUT2D eigenvalue weighted by Gasteiger charge is -2.21. The van der Waals surface area contributed by atoms with Crippen molar-refractivity contribution < 1.29 is 13.5 Å². The highest BCUT2D eigenvalue weighted by atomic mass is 32.2. The van der Waals surface area contributed by atoms with Crippen LogP contribution in [0.4, 0.5) is 5.69 Å². The normalized spacial score (nSPS) is 13.8. The topological polar surface area (TPSA) is 92.4 Å². The monoisotopic (exact) mass is 272 g/mol. The molecule has 1 rings (SSSR count). The van der Waals surface area contributed by atoms with Gasteiger partial charge in [-0.1, -0.05) is 26.0 Å². The Balaban J connectivity index is 3.15. The van der Waals surface area contributed by atoms with E-state index < -0.39 is 16.1 Å². The fourth-order valence-corrected chi connectivity index (χ4v) is 3.42. The largest absolute Gasteiger partial charge is 0.398 e. The van der Waals surface area contributed by atoms with Gasteiger partial charge in [0.25, 0.3) is 0 Å². The van der Waals surface area contributed by atoms with Gasteiger partial charge >= 0.3 is 0 Å². The van der Waals surface area contributed by atoms with Crippen LogP contribution in [0.25, 0.3) is 0 Å². The molecule has 1 atom stereocenters. The Hall–Kier alpha value is -1.11. The van der Waals surface area contributed by atoms with Crippen LogP contribution in [0.2, 0.25) is 0 Å². The molecule has 0 bridgehead atoms. The van der Waals surface area contributed by atoms with E-state index in [0.717, 1.165) is 0 Å². The third kappa shape index (κ3) is 3.22. The highest BCUT2D eigenvalue weighted by Gasteiger charge is 2.25. The molecule has 0 heterocycles. The number of nitrogens with two attached hydrogens (primary N) is 1. The van der Waals surface area contributed by atoms with Crippen LogP contribution >= 0.6 is 0 Å². The van der Waals surface area contributed by atoms with Crippen molar-refractivity contribution in [2.75, 3.05) is 12.3 Å². The predicted molar refractivity (Wildman–Crippen MR) is 71.6 cm³/mol. The lowest BCUT2D eigenvalue weighted by atomic mass is 10.1. The van der Waals surface area contributed by atoms with Crippen LogP contribution in [0, 0.1) is 12.8 Å². The van der Waals surface area contributed by atoms with Crippen molar-refractivity contribution in [3.05, 3.63) is 23.8 Å². The van der Waals surface area contributed by atoms with Crippen LogP contribution in [0.5, 0.6) is 0 Å². The summed E-state index contributed by atoms with van der Waals surface area (Å²) < 4.78 is 27.0. The summed E-state index contributed by atoms with van der Waals surface area (Å²) in [5.74, 6) is -0.00461. The highest BCUT2D eigenvalue weighted by molar-refractivity contribution is 7.89. The Labute approximate surface area is 108 Å². The first-order valence-corrected chi connectivity index (χ1v) is 7.26. The zero-order chi connectivity index (χ0) is 13.9. The van der Waals surface area contributed by atoms with Gasteiger partial charge in [-0.25, -0.2) is 13.1 Å². The summed E-state index contributed by atoms with van der Waals surface area (Å²) in [6, 6.07) is 4.42. The van der Waals surface area contributed by atoms with Gasteiger partial charge in [0.1, 0.15) is 4.90 Å². The Kier molecular flexibility index (Phi) is 4.72. The molecule has 4 N–H and O–H groups in total. The minimum atomic E-state index is -3.71. The van der Waals surface area contributed by atoms with E-state index in [0.29, 0.717) is 5.56 Å². The molecule has 0 aromatic heterocycles. The molecule has 18 heavy (non-hydrogen) atoms. The number of aliphatic hydroxyl groups is 1. The van der Waals surface area contributed by atoms with Gasteiger partial charge in [0.15, 0.2) is 0 Å². The lowest BCUT2D eigenvalue weighted by molar-refractivity contribution is 0.227. The molecule has 0 aliphatic heterocycles. The van der Waals surface area contributed by atoms with Crippen LogP contribution in [0.1, 0.15) is 19.4 Å². The second kappa shape index (κ2) is 5.69. The molecular formula is C12H20N2O3S. The quantitative estimate of drug-likeness (QED) is 0.694. The van der Waals surface area contributed by atoms with E-state index in [-0.39, 0.29) is 23.1 Å². The van der Waals surface area contributed by atoms with E-state index in [1.54, 1.807) is 25.1 Å². The van der Waals surface area contributed by atoms with Crippen molar-refractivity contribution in [1.82, 2.24) is 4.72 Å². The number of nitrogen functional groups attached to an aromatic ring is 1. The number of sulfonamides is 1. The van der Waals surface area contributed by atoms with Crippen molar-refractivity contribution in [3.63, 3.8) is 0 Å². The third-order valence-electron chi connectivity index (χ3n) is 2.82. The van der Waals surface area contributed by atoms with Crippen molar-refractivity contribution in [1.29, 1.82) is 0 Å². The average molecular weight is 272 g/mol. The van der Waals surface area contributed by atoms with Gasteiger partial charge < -0.3 is 10.8 Å². The second-order valence-electron chi connectivity index (χ2n) is 4.65. The van der Waals surface area contributed by atoms with Crippen molar-refractivity contribution >= 4 is 15.7 Å². The van der Waals surface area contributed by atoms with Gasteiger partial charge in [-0.3, -0.25) is 0 Å². The Morgan fingerprint density at radius 1 is 1.39 bits per heavy atom. The average Bonchev–Trinajstić information content (AvgIpc) is 2.25.